The molecule has 0 aromatic heterocycles. The summed E-state index contributed by atoms with van der Waals surface area (Å²) in [4.78, 5) is 26.6. The maximum Gasteiger partial charge on any atom is 0.253 e. The van der Waals surface area contributed by atoms with Gasteiger partial charge in [0.2, 0.25) is 5.91 Å². The summed E-state index contributed by atoms with van der Waals surface area (Å²) in [5, 5.41) is 15.1. The van der Waals surface area contributed by atoms with Gasteiger partial charge < -0.3 is 15.5 Å². The molecule has 25 heavy (non-hydrogen) atoms. The number of nitrogens with one attached hydrogen (secondary N) is 2. The maximum absolute atomic E-state index is 12.6. The van der Waals surface area contributed by atoms with Crippen LogP contribution in [0.3, 0.4) is 0 Å². The summed E-state index contributed by atoms with van der Waals surface area (Å²) in [5.74, 6) is 0.368. The molecule has 2 saturated heterocycles. The molecule has 2 N–H and O–H groups in total. The summed E-state index contributed by atoms with van der Waals surface area (Å²) in [5.41, 5.74) is 1.16. The molecule has 2 aliphatic rings. The third-order valence-electron chi connectivity index (χ3n) is 5.01. The average molecular weight is 340 g/mol. The van der Waals surface area contributed by atoms with Crippen molar-refractivity contribution in [1.29, 1.82) is 5.26 Å². The van der Waals surface area contributed by atoms with E-state index in [1.165, 1.54) is 0 Å². The third-order valence-corrected chi connectivity index (χ3v) is 5.01. The van der Waals surface area contributed by atoms with Crippen LogP contribution in [-0.4, -0.2) is 48.9 Å². The first kappa shape index (κ1) is 17.4. The molecule has 6 nitrogen and oxygen atoms in total. The van der Waals surface area contributed by atoms with Crippen LogP contribution >= 0.6 is 0 Å². The number of carbonyl (C=O) groups is 2. The van der Waals surface area contributed by atoms with E-state index in [1.54, 1.807) is 24.3 Å². The van der Waals surface area contributed by atoms with E-state index in [2.05, 4.69) is 16.7 Å². The molecule has 0 bridgehead atoms. The van der Waals surface area contributed by atoms with E-state index in [0.29, 0.717) is 30.1 Å². The van der Waals surface area contributed by atoms with Crippen LogP contribution in [0.1, 0.15) is 41.6 Å². The number of carbonyl (C=O) groups excluding carboxylic acids is 2. The molecule has 2 unspecified atom stereocenters. The van der Waals surface area contributed by atoms with E-state index in [1.807, 2.05) is 4.90 Å². The minimum Gasteiger partial charge on any atom is -0.354 e. The van der Waals surface area contributed by atoms with Crippen molar-refractivity contribution in [3.05, 3.63) is 35.4 Å². The molecule has 2 heterocycles. The van der Waals surface area contributed by atoms with Crippen LogP contribution in [-0.2, 0) is 4.79 Å². The van der Waals surface area contributed by atoms with Gasteiger partial charge in [0.15, 0.2) is 0 Å². The predicted molar refractivity (Wildman–Crippen MR) is 93.8 cm³/mol. The first-order valence-electron chi connectivity index (χ1n) is 8.98. The van der Waals surface area contributed by atoms with E-state index >= 15 is 0 Å². The smallest absolute Gasteiger partial charge is 0.253 e. The first-order valence-corrected chi connectivity index (χ1v) is 8.98. The van der Waals surface area contributed by atoms with Crippen LogP contribution in [0.4, 0.5) is 0 Å². The zero-order valence-electron chi connectivity index (χ0n) is 14.3. The summed E-state index contributed by atoms with van der Waals surface area (Å²) in [6.45, 7) is 2.94. The first-order chi connectivity index (χ1) is 12.2. The Morgan fingerprint density at radius 2 is 2.04 bits per heavy atom. The van der Waals surface area contributed by atoms with Crippen molar-refractivity contribution in [2.24, 2.45) is 5.92 Å². The Morgan fingerprint density at radius 3 is 2.72 bits per heavy atom. The number of piperidine rings is 1. The highest BCUT2D eigenvalue weighted by Gasteiger charge is 2.26. The number of benzene rings is 1. The van der Waals surface area contributed by atoms with Gasteiger partial charge in [-0.15, -0.1) is 0 Å². The standard InChI is InChI=1S/C19H24N4O2/c20-11-14-5-7-16(8-6-14)19(25)23-10-2-3-15(13-23)12-22-18(24)17-4-1-9-21-17/h5-8,15,17,21H,1-4,9-10,12-13H2,(H,22,24). The highest BCUT2D eigenvalue weighted by atomic mass is 16.2. The normalized spacial score (nSPS) is 23.1. The molecule has 2 atom stereocenters. The van der Waals surface area contributed by atoms with Crippen molar-refractivity contribution in [3.8, 4) is 6.07 Å². The zero-order chi connectivity index (χ0) is 17.6. The Hall–Kier alpha value is -2.39. The summed E-state index contributed by atoms with van der Waals surface area (Å²) >= 11 is 0. The molecule has 0 radical (unpaired) electrons. The van der Waals surface area contributed by atoms with Crippen LogP contribution < -0.4 is 10.6 Å². The molecular formula is C19H24N4O2. The monoisotopic (exact) mass is 340 g/mol. The van der Waals surface area contributed by atoms with Gasteiger partial charge in [-0.2, -0.15) is 5.26 Å². The van der Waals surface area contributed by atoms with Crippen LogP contribution in [0, 0.1) is 17.2 Å². The van der Waals surface area contributed by atoms with Gasteiger partial charge in [-0.25, -0.2) is 0 Å². The topological polar surface area (TPSA) is 85.2 Å². The van der Waals surface area contributed by atoms with E-state index in [0.717, 1.165) is 38.8 Å². The predicted octanol–water partition coefficient (Wildman–Crippen LogP) is 1.28. The highest BCUT2D eigenvalue weighted by molar-refractivity contribution is 5.94. The largest absolute Gasteiger partial charge is 0.354 e. The minimum absolute atomic E-state index is 0.00187. The molecule has 0 spiro atoms. The van der Waals surface area contributed by atoms with Crippen LogP contribution in [0.15, 0.2) is 24.3 Å². The van der Waals surface area contributed by atoms with Crippen molar-refractivity contribution >= 4 is 11.8 Å². The van der Waals surface area contributed by atoms with Crippen molar-refractivity contribution in [2.75, 3.05) is 26.2 Å². The molecule has 3 rings (SSSR count). The van der Waals surface area contributed by atoms with Gasteiger partial charge in [0, 0.05) is 25.2 Å². The second-order valence-electron chi connectivity index (χ2n) is 6.84. The van der Waals surface area contributed by atoms with Crippen molar-refractivity contribution in [2.45, 2.75) is 31.7 Å². The fraction of sp³-hybridized carbons (Fsp3) is 0.526. The lowest BCUT2D eigenvalue weighted by atomic mass is 9.97. The van der Waals surface area contributed by atoms with Crippen LogP contribution in [0.25, 0.3) is 0 Å². The summed E-state index contributed by atoms with van der Waals surface area (Å²) in [7, 11) is 0. The number of nitrogens with zero attached hydrogens (tertiary/aromatic N) is 2. The SMILES string of the molecule is N#Cc1ccc(C(=O)N2CCCC(CNC(=O)C3CCCN3)C2)cc1. The Kier molecular flexibility index (Phi) is 5.67. The molecule has 1 aromatic rings. The lowest BCUT2D eigenvalue weighted by Crippen LogP contribution is -2.46. The molecule has 2 amide bonds. The molecule has 132 valence electrons. The molecule has 0 saturated carbocycles. The molecule has 6 heteroatoms. The van der Waals surface area contributed by atoms with Gasteiger partial charge in [-0.05, 0) is 62.4 Å². The minimum atomic E-state index is -0.0556. The fourth-order valence-corrected chi connectivity index (χ4v) is 3.56. The summed E-state index contributed by atoms with van der Waals surface area (Å²) in [6, 6.07) is 8.76. The molecule has 0 aliphatic carbocycles. The van der Waals surface area contributed by atoms with Crippen molar-refractivity contribution in [3.63, 3.8) is 0 Å². The van der Waals surface area contributed by atoms with Gasteiger partial charge in [0.1, 0.15) is 0 Å². The van der Waals surface area contributed by atoms with E-state index in [9.17, 15) is 9.59 Å². The van der Waals surface area contributed by atoms with Gasteiger partial charge in [0.25, 0.3) is 5.91 Å². The Morgan fingerprint density at radius 1 is 1.24 bits per heavy atom. The second kappa shape index (κ2) is 8.13. The second-order valence-corrected chi connectivity index (χ2v) is 6.84. The number of hydrogen-bond acceptors (Lipinski definition) is 4. The lowest BCUT2D eigenvalue weighted by molar-refractivity contribution is -0.123. The molecule has 2 fully saturated rings. The Bertz CT molecular complexity index is 659. The van der Waals surface area contributed by atoms with Crippen LogP contribution in [0.2, 0.25) is 0 Å². The Balaban J connectivity index is 1.52. The van der Waals surface area contributed by atoms with E-state index < -0.39 is 0 Å². The summed E-state index contributed by atoms with van der Waals surface area (Å²) in [6.07, 6.45) is 3.92. The van der Waals surface area contributed by atoms with Gasteiger partial charge in [-0.1, -0.05) is 0 Å². The van der Waals surface area contributed by atoms with Gasteiger partial charge >= 0.3 is 0 Å². The quantitative estimate of drug-likeness (QED) is 0.865. The molecular weight excluding hydrogens is 316 g/mol. The van der Waals surface area contributed by atoms with Crippen molar-refractivity contribution in [1.82, 2.24) is 15.5 Å². The fourth-order valence-electron chi connectivity index (χ4n) is 3.56. The average Bonchev–Trinajstić information content (AvgIpc) is 3.21. The van der Waals surface area contributed by atoms with Gasteiger partial charge in [-0.3, -0.25) is 9.59 Å². The van der Waals surface area contributed by atoms with E-state index in [4.69, 9.17) is 5.26 Å². The molecule has 2 aliphatic heterocycles. The zero-order valence-corrected chi connectivity index (χ0v) is 14.3. The lowest BCUT2D eigenvalue weighted by Gasteiger charge is -2.33. The van der Waals surface area contributed by atoms with E-state index in [-0.39, 0.29) is 17.9 Å². The maximum atomic E-state index is 12.6. The number of hydrogen-bond donors (Lipinski definition) is 2. The number of rotatable bonds is 4. The number of likely N-dealkylation sites (tertiary alicyclic amines) is 1. The van der Waals surface area contributed by atoms with Crippen molar-refractivity contribution < 1.29 is 9.59 Å². The highest BCUT2D eigenvalue weighted by Crippen LogP contribution is 2.18. The number of nitriles is 1. The van der Waals surface area contributed by atoms with Crippen LogP contribution in [0.5, 0.6) is 0 Å². The summed E-state index contributed by atoms with van der Waals surface area (Å²) < 4.78 is 0. The molecule has 1 aromatic carbocycles. The Labute approximate surface area is 148 Å². The van der Waals surface area contributed by atoms with Gasteiger partial charge in [0.05, 0.1) is 17.7 Å². The third kappa shape index (κ3) is 4.37. The number of amides is 2.